The van der Waals surface area contributed by atoms with Gasteiger partial charge in [0.15, 0.2) is 5.78 Å². The molecule has 0 fully saturated rings. The van der Waals surface area contributed by atoms with Crippen LogP contribution in [-0.2, 0) is 0 Å². The first-order valence-corrected chi connectivity index (χ1v) is 8.80. The molecule has 1 heterocycles. The van der Waals surface area contributed by atoms with Gasteiger partial charge < -0.3 is 15.4 Å². The Bertz CT molecular complexity index is 987. The van der Waals surface area contributed by atoms with Crippen LogP contribution in [0.25, 0.3) is 0 Å². The number of nitrogens with zero attached hydrogens (tertiary/aromatic N) is 2. The van der Waals surface area contributed by atoms with Crippen LogP contribution >= 0.6 is 0 Å². The van der Waals surface area contributed by atoms with Crippen molar-refractivity contribution in [2.75, 3.05) is 17.2 Å². The number of hydrogen-bond acceptors (Lipinski definition) is 6. The van der Waals surface area contributed by atoms with E-state index in [1.54, 1.807) is 30.3 Å². The Labute approximate surface area is 162 Å². The first kappa shape index (κ1) is 19.0. The van der Waals surface area contributed by atoms with Crippen LogP contribution in [0.5, 0.6) is 5.75 Å². The zero-order chi connectivity index (χ0) is 19.9. The molecule has 0 unspecified atom stereocenters. The van der Waals surface area contributed by atoms with Crippen molar-refractivity contribution in [1.29, 1.82) is 0 Å². The van der Waals surface area contributed by atoms with Gasteiger partial charge in [-0.3, -0.25) is 9.59 Å². The summed E-state index contributed by atoms with van der Waals surface area (Å²) in [6, 6.07) is 15.7. The number of Topliss-reactive ketones (excluding diaryl/α,β-unsaturated/α-hetero) is 1. The largest absolute Gasteiger partial charge is 0.492 e. The number of carbonyl (C=O) groups excluding carboxylic acids is 2. The molecule has 3 rings (SSSR count). The Hall–Kier alpha value is -3.74. The monoisotopic (exact) mass is 376 g/mol. The Kier molecular flexibility index (Phi) is 5.96. The predicted molar refractivity (Wildman–Crippen MR) is 107 cm³/mol. The molecule has 0 saturated heterocycles. The van der Waals surface area contributed by atoms with Crippen LogP contribution in [0, 0.1) is 0 Å². The molecular weight excluding hydrogens is 356 g/mol. The average Bonchev–Trinajstić information content (AvgIpc) is 2.70. The number of hydrogen-bond donors (Lipinski definition) is 2. The third kappa shape index (κ3) is 4.70. The molecule has 142 valence electrons. The van der Waals surface area contributed by atoms with Crippen molar-refractivity contribution < 1.29 is 14.3 Å². The summed E-state index contributed by atoms with van der Waals surface area (Å²) in [6.45, 7) is 3.94. The van der Waals surface area contributed by atoms with Gasteiger partial charge in [-0.25, -0.2) is 9.97 Å². The lowest BCUT2D eigenvalue weighted by Gasteiger charge is -2.12. The van der Waals surface area contributed by atoms with E-state index in [1.807, 2.05) is 31.2 Å². The summed E-state index contributed by atoms with van der Waals surface area (Å²) in [7, 11) is 0. The molecule has 1 aromatic heterocycles. The quantitative estimate of drug-likeness (QED) is 0.604. The number of para-hydroxylation sites is 2. The van der Waals surface area contributed by atoms with E-state index in [1.165, 1.54) is 13.3 Å². The summed E-state index contributed by atoms with van der Waals surface area (Å²) in [5.41, 5.74) is 2.11. The maximum Gasteiger partial charge on any atom is 0.274 e. The number of ether oxygens (including phenoxy) is 1. The molecule has 1 amide bonds. The minimum absolute atomic E-state index is 0.0308. The topological polar surface area (TPSA) is 93.2 Å². The molecule has 28 heavy (non-hydrogen) atoms. The Morgan fingerprint density at radius 3 is 2.50 bits per heavy atom. The number of amides is 1. The van der Waals surface area contributed by atoms with E-state index in [0.717, 1.165) is 5.69 Å². The molecule has 0 spiro atoms. The molecule has 7 nitrogen and oxygen atoms in total. The fraction of sp³-hybridized carbons (Fsp3) is 0.143. The zero-order valence-corrected chi connectivity index (χ0v) is 15.6. The lowest BCUT2D eigenvalue weighted by atomic mass is 10.1. The Morgan fingerprint density at radius 1 is 1.04 bits per heavy atom. The van der Waals surface area contributed by atoms with E-state index in [0.29, 0.717) is 29.4 Å². The average molecular weight is 376 g/mol. The Balaban J connectivity index is 1.74. The Morgan fingerprint density at radius 2 is 1.79 bits per heavy atom. The van der Waals surface area contributed by atoms with Crippen LogP contribution in [0.4, 0.5) is 17.2 Å². The SMILES string of the molecule is CCOc1ccccc1Nc1cc(C(=O)Nc2ccc(C(C)=O)cc2)ncn1. The lowest BCUT2D eigenvalue weighted by Crippen LogP contribution is -2.14. The number of nitrogens with one attached hydrogen (secondary N) is 2. The van der Waals surface area contributed by atoms with Gasteiger partial charge in [0.1, 0.15) is 23.6 Å². The third-order valence-corrected chi connectivity index (χ3v) is 3.90. The van der Waals surface area contributed by atoms with Crippen molar-refractivity contribution in [3.8, 4) is 5.75 Å². The second-order valence-corrected chi connectivity index (χ2v) is 5.93. The van der Waals surface area contributed by atoms with Gasteiger partial charge in [-0.05, 0) is 50.2 Å². The van der Waals surface area contributed by atoms with Crippen molar-refractivity contribution in [2.24, 2.45) is 0 Å². The molecule has 0 atom stereocenters. The van der Waals surface area contributed by atoms with Crippen molar-refractivity contribution >= 4 is 28.9 Å². The second kappa shape index (κ2) is 8.77. The predicted octanol–water partition coefficient (Wildman–Crippen LogP) is 4.07. The third-order valence-electron chi connectivity index (χ3n) is 3.90. The molecule has 7 heteroatoms. The number of ketones is 1. The minimum Gasteiger partial charge on any atom is -0.492 e. The van der Waals surface area contributed by atoms with Gasteiger partial charge >= 0.3 is 0 Å². The number of carbonyl (C=O) groups is 2. The highest BCUT2D eigenvalue weighted by Gasteiger charge is 2.11. The van der Waals surface area contributed by atoms with E-state index in [-0.39, 0.29) is 17.4 Å². The summed E-state index contributed by atoms with van der Waals surface area (Å²) >= 11 is 0. The molecule has 0 aliphatic heterocycles. The summed E-state index contributed by atoms with van der Waals surface area (Å²) in [4.78, 5) is 32.0. The van der Waals surface area contributed by atoms with Crippen LogP contribution in [-0.4, -0.2) is 28.3 Å². The maximum atomic E-state index is 12.5. The van der Waals surface area contributed by atoms with Gasteiger partial charge in [0.2, 0.25) is 0 Å². The molecule has 0 saturated carbocycles. The van der Waals surface area contributed by atoms with Crippen molar-refractivity contribution in [3.05, 3.63) is 72.2 Å². The van der Waals surface area contributed by atoms with E-state index in [9.17, 15) is 9.59 Å². The van der Waals surface area contributed by atoms with Gasteiger partial charge in [0.25, 0.3) is 5.91 Å². The van der Waals surface area contributed by atoms with Crippen LogP contribution in [0.15, 0.2) is 60.9 Å². The normalized spacial score (nSPS) is 10.2. The summed E-state index contributed by atoms with van der Waals surface area (Å²) in [5.74, 6) is 0.759. The number of rotatable bonds is 7. The van der Waals surface area contributed by atoms with Crippen LogP contribution in [0.2, 0.25) is 0 Å². The van der Waals surface area contributed by atoms with E-state index in [4.69, 9.17) is 4.74 Å². The van der Waals surface area contributed by atoms with Crippen molar-refractivity contribution in [1.82, 2.24) is 9.97 Å². The van der Waals surface area contributed by atoms with E-state index in [2.05, 4.69) is 20.6 Å². The highest BCUT2D eigenvalue weighted by atomic mass is 16.5. The summed E-state index contributed by atoms with van der Waals surface area (Å²) in [5, 5.41) is 5.90. The van der Waals surface area contributed by atoms with Crippen LogP contribution in [0.3, 0.4) is 0 Å². The van der Waals surface area contributed by atoms with Crippen LogP contribution < -0.4 is 15.4 Å². The van der Waals surface area contributed by atoms with E-state index >= 15 is 0 Å². The molecular formula is C21H20N4O3. The minimum atomic E-state index is -0.376. The summed E-state index contributed by atoms with van der Waals surface area (Å²) < 4.78 is 5.58. The molecule has 3 aromatic rings. The number of anilines is 3. The fourth-order valence-corrected chi connectivity index (χ4v) is 2.52. The molecule has 0 bridgehead atoms. The fourth-order valence-electron chi connectivity index (χ4n) is 2.52. The molecule has 2 N–H and O–H groups in total. The first-order valence-electron chi connectivity index (χ1n) is 8.80. The molecule has 0 aliphatic rings. The molecule has 0 aliphatic carbocycles. The van der Waals surface area contributed by atoms with Gasteiger partial charge in [-0.2, -0.15) is 0 Å². The maximum absolute atomic E-state index is 12.5. The van der Waals surface area contributed by atoms with Crippen LogP contribution in [0.1, 0.15) is 34.7 Å². The van der Waals surface area contributed by atoms with Crippen molar-refractivity contribution in [3.63, 3.8) is 0 Å². The standard InChI is InChI=1S/C21H20N4O3/c1-3-28-19-7-5-4-6-17(19)25-20-12-18(22-13-23-20)21(27)24-16-10-8-15(9-11-16)14(2)26/h4-13H,3H2,1-2H3,(H,24,27)(H,22,23,25). The summed E-state index contributed by atoms with van der Waals surface area (Å²) in [6.07, 6.45) is 1.32. The van der Waals surface area contributed by atoms with E-state index < -0.39 is 0 Å². The lowest BCUT2D eigenvalue weighted by molar-refractivity contribution is 0.101. The number of benzene rings is 2. The highest BCUT2D eigenvalue weighted by molar-refractivity contribution is 6.03. The van der Waals surface area contributed by atoms with Gasteiger partial charge in [-0.15, -0.1) is 0 Å². The van der Waals surface area contributed by atoms with Crippen molar-refractivity contribution in [2.45, 2.75) is 13.8 Å². The number of aromatic nitrogens is 2. The molecule has 0 radical (unpaired) electrons. The molecule has 2 aromatic carbocycles. The smallest absolute Gasteiger partial charge is 0.274 e. The second-order valence-electron chi connectivity index (χ2n) is 5.93. The van der Waals surface area contributed by atoms with Gasteiger partial charge in [0.05, 0.1) is 12.3 Å². The van der Waals surface area contributed by atoms with Gasteiger partial charge in [-0.1, -0.05) is 12.1 Å². The first-order chi connectivity index (χ1) is 13.6. The highest BCUT2D eigenvalue weighted by Crippen LogP contribution is 2.26. The van der Waals surface area contributed by atoms with Gasteiger partial charge in [0, 0.05) is 17.3 Å². The zero-order valence-electron chi connectivity index (χ0n) is 15.6.